The van der Waals surface area contributed by atoms with Crippen LogP contribution in [0, 0.1) is 15.5 Å². The molecular formula is C22H20N4O5. The lowest BCUT2D eigenvalue weighted by Crippen LogP contribution is -2.72. The van der Waals surface area contributed by atoms with E-state index < -0.39 is 34.2 Å². The van der Waals surface area contributed by atoms with Gasteiger partial charge in [0, 0.05) is 30.8 Å². The lowest BCUT2D eigenvalue weighted by atomic mass is 9.66. The molecule has 158 valence electrons. The van der Waals surface area contributed by atoms with Crippen molar-refractivity contribution in [2.24, 2.45) is 5.41 Å². The topological polar surface area (TPSA) is 113 Å². The normalized spacial score (nSPS) is 25.2. The highest BCUT2D eigenvalue weighted by atomic mass is 16.6. The fraction of sp³-hybridized carbons (Fsp3) is 0.318. The van der Waals surface area contributed by atoms with Gasteiger partial charge in [0.05, 0.1) is 16.7 Å². The maximum atomic E-state index is 13.9. The number of rotatable bonds is 2. The van der Waals surface area contributed by atoms with Crippen molar-refractivity contribution in [2.45, 2.75) is 31.7 Å². The second kappa shape index (κ2) is 6.90. The van der Waals surface area contributed by atoms with Gasteiger partial charge in [0.25, 0.3) is 11.6 Å². The van der Waals surface area contributed by atoms with Gasteiger partial charge in [-0.2, -0.15) is 0 Å². The number of nitro groups is 1. The molecule has 3 aliphatic rings. The van der Waals surface area contributed by atoms with Gasteiger partial charge < -0.3 is 4.90 Å². The number of carbonyl (C=O) groups excluding carboxylic acids is 3. The number of nitrogens with one attached hydrogen (secondary N) is 1. The second-order valence-corrected chi connectivity index (χ2v) is 8.16. The van der Waals surface area contributed by atoms with Crippen LogP contribution in [-0.2, 0) is 16.0 Å². The van der Waals surface area contributed by atoms with Gasteiger partial charge in [0.2, 0.25) is 5.91 Å². The molecule has 2 aromatic carbocycles. The third-order valence-electron chi connectivity index (χ3n) is 6.55. The zero-order valence-corrected chi connectivity index (χ0v) is 16.6. The summed E-state index contributed by atoms with van der Waals surface area (Å²) in [5.74, 6) is -1.22. The monoisotopic (exact) mass is 420 g/mol. The zero-order valence-electron chi connectivity index (χ0n) is 16.6. The Morgan fingerprint density at radius 2 is 1.84 bits per heavy atom. The van der Waals surface area contributed by atoms with Gasteiger partial charge in [0.15, 0.2) is 5.41 Å². The van der Waals surface area contributed by atoms with Crippen molar-refractivity contribution in [3.63, 3.8) is 0 Å². The Kier molecular flexibility index (Phi) is 4.28. The number of anilines is 2. The fourth-order valence-corrected chi connectivity index (χ4v) is 5.17. The molecule has 31 heavy (non-hydrogen) atoms. The molecule has 2 atom stereocenters. The molecule has 1 spiro atoms. The molecule has 2 aromatic rings. The van der Waals surface area contributed by atoms with Crippen molar-refractivity contribution in [3.05, 3.63) is 64.2 Å². The molecule has 4 amide bonds. The number of carbonyl (C=O) groups is 3. The first-order valence-electron chi connectivity index (χ1n) is 10.2. The minimum atomic E-state index is -1.54. The summed E-state index contributed by atoms with van der Waals surface area (Å²) in [5, 5.41) is 13.7. The van der Waals surface area contributed by atoms with E-state index in [1.165, 1.54) is 12.1 Å². The Bertz CT molecular complexity index is 1120. The highest BCUT2D eigenvalue weighted by Crippen LogP contribution is 2.48. The van der Waals surface area contributed by atoms with Crippen molar-refractivity contribution in [3.8, 4) is 0 Å². The molecule has 2 unspecified atom stereocenters. The molecule has 2 fully saturated rings. The predicted octanol–water partition coefficient (Wildman–Crippen LogP) is 2.78. The van der Waals surface area contributed by atoms with Crippen LogP contribution in [0.2, 0.25) is 0 Å². The van der Waals surface area contributed by atoms with Crippen molar-refractivity contribution < 1.29 is 19.3 Å². The average Bonchev–Trinajstić information content (AvgIpc) is 2.78. The summed E-state index contributed by atoms with van der Waals surface area (Å²) in [4.78, 5) is 53.8. The van der Waals surface area contributed by atoms with E-state index >= 15 is 0 Å². The smallest absolute Gasteiger partial charge is 0.335 e. The van der Waals surface area contributed by atoms with E-state index in [0.717, 1.165) is 23.4 Å². The molecule has 0 radical (unpaired) electrons. The van der Waals surface area contributed by atoms with E-state index in [9.17, 15) is 24.5 Å². The SMILES string of the molecule is O=C1NC(=O)C2(Cc3cc([N+](=O)[O-])ccc3N3CCCCC32)C(=O)N1c1ccccc1. The molecule has 0 aromatic heterocycles. The van der Waals surface area contributed by atoms with Gasteiger partial charge in [-0.25, -0.2) is 9.69 Å². The van der Waals surface area contributed by atoms with Crippen LogP contribution in [0.25, 0.3) is 0 Å². The van der Waals surface area contributed by atoms with Crippen LogP contribution in [0.3, 0.4) is 0 Å². The Morgan fingerprint density at radius 3 is 2.58 bits per heavy atom. The number of amides is 4. The molecule has 9 nitrogen and oxygen atoms in total. The average molecular weight is 420 g/mol. The molecule has 0 bridgehead atoms. The van der Waals surface area contributed by atoms with E-state index in [4.69, 9.17) is 0 Å². The zero-order chi connectivity index (χ0) is 21.8. The quantitative estimate of drug-likeness (QED) is 0.454. The fourth-order valence-electron chi connectivity index (χ4n) is 5.17. The number of barbiturate groups is 1. The lowest BCUT2D eigenvalue weighted by molar-refractivity contribution is -0.384. The highest BCUT2D eigenvalue weighted by Gasteiger charge is 2.62. The summed E-state index contributed by atoms with van der Waals surface area (Å²) in [6, 6.07) is 11.9. The number of imide groups is 2. The van der Waals surface area contributed by atoms with Crippen LogP contribution >= 0.6 is 0 Å². The van der Waals surface area contributed by atoms with Crippen LogP contribution < -0.4 is 15.1 Å². The number of urea groups is 1. The van der Waals surface area contributed by atoms with E-state index in [1.54, 1.807) is 36.4 Å². The van der Waals surface area contributed by atoms with Gasteiger partial charge in [-0.1, -0.05) is 18.2 Å². The second-order valence-electron chi connectivity index (χ2n) is 8.16. The number of nitrogens with zero attached hydrogens (tertiary/aromatic N) is 3. The Hall–Kier alpha value is -3.75. The summed E-state index contributed by atoms with van der Waals surface area (Å²) in [6.07, 6.45) is 2.37. The number of para-hydroxylation sites is 1. The minimum absolute atomic E-state index is 0.00641. The summed E-state index contributed by atoms with van der Waals surface area (Å²) >= 11 is 0. The van der Waals surface area contributed by atoms with Crippen molar-refractivity contribution in [1.29, 1.82) is 0 Å². The summed E-state index contributed by atoms with van der Waals surface area (Å²) in [6.45, 7) is 0.636. The molecule has 3 heterocycles. The Balaban J connectivity index is 1.68. The van der Waals surface area contributed by atoms with Gasteiger partial charge >= 0.3 is 6.03 Å². The van der Waals surface area contributed by atoms with E-state index in [0.29, 0.717) is 24.2 Å². The van der Waals surface area contributed by atoms with Crippen LogP contribution in [-0.4, -0.2) is 35.4 Å². The standard InChI is InChI=1S/C22H20N4O5/c27-19-22(20(28)25(21(29)23-19)15-6-2-1-3-7-15)13-14-12-16(26(30)31)9-10-17(14)24-11-5-4-8-18(22)24/h1-3,6-7,9-10,12,18H,4-5,8,11,13H2,(H,23,27,29). The summed E-state index contributed by atoms with van der Waals surface area (Å²) in [7, 11) is 0. The molecular weight excluding hydrogens is 400 g/mol. The van der Waals surface area contributed by atoms with Crippen LogP contribution in [0.5, 0.6) is 0 Å². The van der Waals surface area contributed by atoms with Crippen molar-refractivity contribution in [2.75, 3.05) is 16.3 Å². The molecule has 5 rings (SSSR count). The summed E-state index contributed by atoms with van der Waals surface area (Å²) < 4.78 is 0. The molecule has 1 N–H and O–H groups in total. The van der Waals surface area contributed by atoms with Gasteiger partial charge in [0.1, 0.15) is 0 Å². The maximum absolute atomic E-state index is 13.9. The van der Waals surface area contributed by atoms with E-state index in [1.807, 2.05) is 4.90 Å². The van der Waals surface area contributed by atoms with E-state index in [-0.39, 0.29) is 12.1 Å². The van der Waals surface area contributed by atoms with Crippen LogP contribution in [0.1, 0.15) is 24.8 Å². The molecule has 0 aliphatic carbocycles. The molecule has 0 saturated carbocycles. The molecule has 9 heteroatoms. The number of non-ortho nitro benzene ring substituents is 1. The lowest BCUT2D eigenvalue weighted by Gasteiger charge is -2.53. The number of hydrogen-bond acceptors (Lipinski definition) is 6. The van der Waals surface area contributed by atoms with Gasteiger partial charge in [-0.15, -0.1) is 0 Å². The van der Waals surface area contributed by atoms with Gasteiger partial charge in [-0.3, -0.25) is 25.0 Å². The number of hydrogen-bond donors (Lipinski definition) is 1. The van der Waals surface area contributed by atoms with Crippen molar-refractivity contribution >= 4 is 34.9 Å². The first kappa shape index (κ1) is 19.2. The molecule has 3 aliphatic heterocycles. The minimum Gasteiger partial charge on any atom is -0.367 e. The number of benzene rings is 2. The Morgan fingerprint density at radius 1 is 1.06 bits per heavy atom. The van der Waals surface area contributed by atoms with Crippen molar-refractivity contribution in [1.82, 2.24) is 5.32 Å². The predicted molar refractivity (Wildman–Crippen MR) is 112 cm³/mol. The number of fused-ring (bicyclic) bond motifs is 4. The third-order valence-corrected chi connectivity index (χ3v) is 6.55. The van der Waals surface area contributed by atoms with Crippen LogP contribution in [0.4, 0.5) is 21.9 Å². The largest absolute Gasteiger partial charge is 0.367 e. The first-order valence-corrected chi connectivity index (χ1v) is 10.2. The third kappa shape index (κ3) is 2.73. The van der Waals surface area contributed by atoms with Gasteiger partial charge in [-0.05, 0) is 43.0 Å². The molecule has 2 saturated heterocycles. The maximum Gasteiger partial charge on any atom is 0.335 e. The number of nitro benzene ring substituents is 1. The van der Waals surface area contributed by atoms with Crippen LogP contribution in [0.15, 0.2) is 48.5 Å². The highest BCUT2D eigenvalue weighted by molar-refractivity contribution is 6.30. The Labute approximate surface area is 177 Å². The van der Waals surface area contributed by atoms with E-state index in [2.05, 4.69) is 5.32 Å². The summed E-state index contributed by atoms with van der Waals surface area (Å²) in [5.41, 5.74) is 0.128. The first-order chi connectivity index (χ1) is 14.9. The number of piperidine rings is 1.